The number of sulfonamides is 1. The molecule has 0 aliphatic carbocycles. The van der Waals surface area contributed by atoms with Gasteiger partial charge in [0.25, 0.3) is 0 Å². The lowest BCUT2D eigenvalue weighted by atomic mass is 10.1. The first-order valence-electron chi connectivity index (χ1n) is 6.79. The Morgan fingerprint density at radius 1 is 1.24 bits per heavy atom. The molecule has 0 aromatic carbocycles. The molecule has 0 aromatic heterocycles. The summed E-state index contributed by atoms with van der Waals surface area (Å²) in [6.45, 7) is 10.5. The first-order chi connectivity index (χ1) is 9.20. The van der Waals surface area contributed by atoms with Crippen LogP contribution in [0.2, 0.25) is 0 Å². The summed E-state index contributed by atoms with van der Waals surface area (Å²) in [4.78, 5) is 4.38. The molecule has 0 aromatic rings. The Morgan fingerprint density at radius 2 is 1.86 bits per heavy atom. The molecule has 21 heavy (non-hydrogen) atoms. The summed E-state index contributed by atoms with van der Waals surface area (Å²) < 4.78 is 30.3. The van der Waals surface area contributed by atoms with Crippen molar-refractivity contribution in [1.82, 2.24) is 15.4 Å². The molecular weight excluding hydrogens is 407 g/mol. The zero-order valence-electron chi connectivity index (χ0n) is 13.5. The molecule has 0 fully saturated rings. The van der Waals surface area contributed by atoms with Crippen LogP contribution in [0, 0.1) is 0 Å². The van der Waals surface area contributed by atoms with Crippen molar-refractivity contribution in [3.8, 4) is 0 Å². The van der Waals surface area contributed by atoms with E-state index in [2.05, 4.69) is 20.3 Å². The topological polar surface area (TPSA) is 91.8 Å². The van der Waals surface area contributed by atoms with E-state index >= 15 is 0 Å². The van der Waals surface area contributed by atoms with Crippen molar-refractivity contribution in [2.75, 3.05) is 39.1 Å². The van der Waals surface area contributed by atoms with E-state index in [1.807, 2.05) is 13.8 Å². The Morgan fingerprint density at radius 3 is 2.33 bits per heavy atom. The van der Waals surface area contributed by atoms with Crippen molar-refractivity contribution < 1.29 is 13.2 Å². The minimum Gasteiger partial charge on any atom is -0.380 e. The monoisotopic (exact) mass is 436 g/mol. The second-order valence-electron chi connectivity index (χ2n) is 5.08. The molecule has 3 N–H and O–H groups in total. The molecule has 0 saturated heterocycles. The Balaban J connectivity index is 0. The van der Waals surface area contributed by atoms with Gasteiger partial charge in [-0.05, 0) is 27.7 Å². The van der Waals surface area contributed by atoms with Gasteiger partial charge >= 0.3 is 0 Å². The second kappa shape index (κ2) is 11.4. The van der Waals surface area contributed by atoms with E-state index in [4.69, 9.17) is 4.74 Å². The molecule has 128 valence electrons. The van der Waals surface area contributed by atoms with Gasteiger partial charge in [-0.1, -0.05) is 0 Å². The van der Waals surface area contributed by atoms with Gasteiger partial charge < -0.3 is 15.4 Å². The summed E-state index contributed by atoms with van der Waals surface area (Å²) in [5.74, 6) is 0.649. The SMILES string of the molecule is CCNC(=NCC(C)(C)NS(C)(=O)=O)NCCOCC.I. The second-order valence-corrected chi connectivity index (χ2v) is 6.83. The third kappa shape index (κ3) is 14.6. The van der Waals surface area contributed by atoms with E-state index in [1.165, 1.54) is 0 Å². The number of hydrogen-bond donors (Lipinski definition) is 3. The van der Waals surface area contributed by atoms with Gasteiger partial charge in [0.2, 0.25) is 10.0 Å². The van der Waals surface area contributed by atoms with Crippen LogP contribution in [-0.2, 0) is 14.8 Å². The summed E-state index contributed by atoms with van der Waals surface area (Å²) in [5, 5.41) is 6.23. The summed E-state index contributed by atoms with van der Waals surface area (Å²) in [6.07, 6.45) is 1.14. The molecule has 0 saturated carbocycles. The Hall–Kier alpha value is -0.130. The zero-order chi connectivity index (χ0) is 15.6. The van der Waals surface area contributed by atoms with Gasteiger partial charge in [0.1, 0.15) is 0 Å². The molecule has 9 heteroatoms. The molecule has 0 rings (SSSR count). The van der Waals surface area contributed by atoms with Gasteiger partial charge in [-0.3, -0.25) is 4.99 Å². The third-order valence-corrected chi connectivity index (χ3v) is 3.10. The molecule has 0 atom stereocenters. The number of ether oxygens (including phenoxy) is 1. The van der Waals surface area contributed by atoms with Crippen molar-refractivity contribution in [2.45, 2.75) is 33.2 Å². The van der Waals surface area contributed by atoms with Crippen LogP contribution in [0.5, 0.6) is 0 Å². The molecule has 0 bridgehead atoms. The maximum atomic E-state index is 11.3. The molecule has 0 radical (unpaired) electrons. The van der Waals surface area contributed by atoms with Crippen LogP contribution in [0.25, 0.3) is 0 Å². The molecule has 0 aliphatic rings. The summed E-state index contributed by atoms with van der Waals surface area (Å²) in [7, 11) is -3.25. The standard InChI is InChI=1S/C12H28N4O3S.HI/c1-6-13-11(14-8-9-19-7-2)15-10-12(3,4)16-20(5,17)18;/h16H,6-10H2,1-5H3,(H2,13,14,15);1H. The molecule has 0 aliphatic heterocycles. The Kier molecular flexibility index (Phi) is 12.6. The normalized spacial score (nSPS) is 12.7. The summed E-state index contributed by atoms with van der Waals surface area (Å²) in [5.41, 5.74) is -0.629. The largest absolute Gasteiger partial charge is 0.380 e. The highest BCUT2D eigenvalue weighted by atomic mass is 127. The summed E-state index contributed by atoms with van der Waals surface area (Å²) >= 11 is 0. The predicted molar refractivity (Wildman–Crippen MR) is 97.9 cm³/mol. The van der Waals surface area contributed by atoms with Crippen LogP contribution in [-0.4, -0.2) is 59.0 Å². The fraction of sp³-hybridized carbons (Fsp3) is 0.917. The van der Waals surface area contributed by atoms with Gasteiger partial charge in [0, 0.05) is 25.2 Å². The van der Waals surface area contributed by atoms with Crippen molar-refractivity contribution in [3.05, 3.63) is 0 Å². The number of aliphatic imine (C=N–C) groups is 1. The molecule has 7 nitrogen and oxygen atoms in total. The lowest BCUT2D eigenvalue weighted by Gasteiger charge is -2.23. The van der Waals surface area contributed by atoms with Gasteiger partial charge in [0.15, 0.2) is 5.96 Å². The van der Waals surface area contributed by atoms with Crippen molar-refractivity contribution in [1.29, 1.82) is 0 Å². The molecule has 0 unspecified atom stereocenters. The number of nitrogens with zero attached hydrogens (tertiary/aromatic N) is 1. The fourth-order valence-corrected chi connectivity index (χ4v) is 2.61. The van der Waals surface area contributed by atoms with Crippen LogP contribution in [0.15, 0.2) is 4.99 Å². The first-order valence-corrected chi connectivity index (χ1v) is 8.68. The van der Waals surface area contributed by atoms with Crippen LogP contribution in [0.1, 0.15) is 27.7 Å². The van der Waals surface area contributed by atoms with E-state index < -0.39 is 15.6 Å². The molecule has 0 spiro atoms. The zero-order valence-corrected chi connectivity index (χ0v) is 16.7. The highest BCUT2D eigenvalue weighted by Crippen LogP contribution is 2.04. The molecule has 0 heterocycles. The number of halogens is 1. The number of hydrogen-bond acceptors (Lipinski definition) is 4. The van der Waals surface area contributed by atoms with Crippen LogP contribution < -0.4 is 15.4 Å². The van der Waals surface area contributed by atoms with Gasteiger partial charge in [0.05, 0.1) is 19.4 Å². The van der Waals surface area contributed by atoms with E-state index in [0.717, 1.165) is 12.8 Å². The molecule has 0 amide bonds. The highest BCUT2D eigenvalue weighted by molar-refractivity contribution is 14.0. The minimum absolute atomic E-state index is 0. The van der Waals surface area contributed by atoms with E-state index in [0.29, 0.717) is 32.3 Å². The van der Waals surface area contributed by atoms with Crippen LogP contribution in [0.3, 0.4) is 0 Å². The van der Waals surface area contributed by atoms with E-state index in [9.17, 15) is 8.42 Å². The Bertz CT molecular complexity index is 399. The van der Waals surface area contributed by atoms with E-state index in [-0.39, 0.29) is 24.0 Å². The summed E-state index contributed by atoms with van der Waals surface area (Å²) in [6, 6.07) is 0. The van der Waals surface area contributed by atoms with E-state index in [1.54, 1.807) is 13.8 Å². The maximum Gasteiger partial charge on any atom is 0.209 e. The predicted octanol–water partition coefficient (Wildman–Crippen LogP) is 0.524. The number of nitrogens with one attached hydrogen (secondary N) is 3. The smallest absolute Gasteiger partial charge is 0.209 e. The lowest BCUT2D eigenvalue weighted by Crippen LogP contribution is -2.47. The lowest BCUT2D eigenvalue weighted by molar-refractivity contribution is 0.152. The maximum absolute atomic E-state index is 11.3. The first kappa shape index (κ1) is 23.1. The van der Waals surface area contributed by atoms with Crippen molar-refractivity contribution in [2.24, 2.45) is 4.99 Å². The van der Waals surface area contributed by atoms with Gasteiger partial charge in [-0.15, -0.1) is 24.0 Å². The Labute approximate surface area is 145 Å². The number of guanidine groups is 1. The highest BCUT2D eigenvalue weighted by Gasteiger charge is 2.21. The van der Waals surface area contributed by atoms with Crippen molar-refractivity contribution >= 4 is 40.0 Å². The number of rotatable bonds is 9. The third-order valence-electron chi connectivity index (χ3n) is 2.18. The van der Waals surface area contributed by atoms with Gasteiger partial charge in [-0.25, -0.2) is 13.1 Å². The molecular formula is C12H29IN4O3S. The minimum atomic E-state index is -3.25. The average Bonchev–Trinajstić information content (AvgIpc) is 2.28. The van der Waals surface area contributed by atoms with Crippen LogP contribution in [0.4, 0.5) is 0 Å². The fourth-order valence-electron chi connectivity index (χ4n) is 1.54. The van der Waals surface area contributed by atoms with Crippen LogP contribution >= 0.6 is 24.0 Å². The van der Waals surface area contributed by atoms with Crippen molar-refractivity contribution in [3.63, 3.8) is 0 Å². The average molecular weight is 436 g/mol. The quantitative estimate of drug-likeness (QED) is 0.212. The van der Waals surface area contributed by atoms with Gasteiger partial charge in [-0.2, -0.15) is 0 Å².